The fourth-order valence-electron chi connectivity index (χ4n) is 3.69. The van der Waals surface area contributed by atoms with Crippen molar-refractivity contribution in [2.24, 2.45) is 5.41 Å². The molecule has 32 heavy (non-hydrogen) atoms. The van der Waals surface area contributed by atoms with Crippen LogP contribution in [0, 0.1) is 41.9 Å². The molecule has 1 N–H and O–H groups in total. The molecule has 0 aliphatic carbocycles. The Labute approximate surface area is 190 Å². The van der Waals surface area contributed by atoms with Crippen LogP contribution in [0.1, 0.15) is 36.9 Å². The maximum absolute atomic E-state index is 12.9. The highest BCUT2D eigenvalue weighted by molar-refractivity contribution is 7.19. The molecule has 0 saturated carbocycles. The van der Waals surface area contributed by atoms with E-state index in [0.717, 1.165) is 16.1 Å². The second kappa shape index (κ2) is 8.45. The van der Waals surface area contributed by atoms with Gasteiger partial charge in [0.15, 0.2) is 16.8 Å². The average molecular weight is 447 g/mol. The Morgan fingerprint density at radius 3 is 2.62 bits per heavy atom. The zero-order chi connectivity index (χ0) is 22.9. The van der Waals surface area contributed by atoms with E-state index in [-0.39, 0.29) is 11.4 Å². The third kappa shape index (κ3) is 4.20. The van der Waals surface area contributed by atoms with E-state index in [0.29, 0.717) is 54.0 Å². The summed E-state index contributed by atoms with van der Waals surface area (Å²) in [5, 5.41) is 21.9. The number of urea groups is 1. The molecule has 3 aromatic rings. The number of piperidine rings is 1. The van der Waals surface area contributed by atoms with E-state index in [1.165, 1.54) is 11.3 Å². The lowest BCUT2D eigenvalue weighted by atomic mass is 9.82. The highest BCUT2D eigenvalue weighted by Crippen LogP contribution is 2.41. The van der Waals surface area contributed by atoms with Gasteiger partial charge in [-0.1, -0.05) is 23.5 Å². The van der Waals surface area contributed by atoms with Crippen molar-refractivity contribution in [1.29, 1.82) is 10.5 Å². The smallest absolute Gasteiger partial charge is 0.323 e. The number of nitrogens with zero attached hydrogens (tertiary/aromatic N) is 5. The van der Waals surface area contributed by atoms with Crippen LogP contribution in [0.3, 0.4) is 0 Å². The van der Waals surface area contributed by atoms with Crippen LogP contribution < -0.4 is 5.32 Å². The molecule has 1 aliphatic rings. The van der Waals surface area contributed by atoms with Crippen LogP contribution in [0.2, 0.25) is 0 Å². The number of likely N-dealkylation sites (tertiary alicyclic amines) is 1. The van der Waals surface area contributed by atoms with E-state index in [1.54, 1.807) is 30.0 Å². The second-order valence-corrected chi connectivity index (χ2v) is 9.13. The van der Waals surface area contributed by atoms with E-state index in [4.69, 9.17) is 4.42 Å². The highest BCUT2D eigenvalue weighted by Gasteiger charge is 2.32. The highest BCUT2D eigenvalue weighted by atomic mass is 32.1. The Morgan fingerprint density at radius 1 is 1.25 bits per heavy atom. The van der Waals surface area contributed by atoms with Gasteiger partial charge in [0.25, 0.3) is 0 Å². The number of oxazole rings is 1. The number of hydrogen-bond donors (Lipinski definition) is 1. The van der Waals surface area contributed by atoms with Crippen LogP contribution in [0.25, 0.3) is 21.9 Å². The van der Waals surface area contributed by atoms with Crippen LogP contribution in [-0.2, 0) is 0 Å². The van der Waals surface area contributed by atoms with Gasteiger partial charge in [-0.3, -0.25) is 5.32 Å². The maximum Gasteiger partial charge on any atom is 0.323 e. The standard InChI is InChI=1S/C23H22N6O2S/c1-14-19(31-15(2)26-14)20-18(17-6-4-5-16(11-17)12-24)27-21(32-20)28-22(30)29-9-7-23(3,13-25)8-10-29/h4-6,11H,7-10H2,1-3H3,(H,27,28,30). The Kier molecular flexibility index (Phi) is 5.68. The molecule has 1 aliphatic heterocycles. The summed E-state index contributed by atoms with van der Waals surface area (Å²) in [5.41, 5.74) is 2.25. The third-order valence-corrected chi connectivity index (χ3v) is 6.61. The summed E-state index contributed by atoms with van der Waals surface area (Å²) in [7, 11) is 0. The minimum Gasteiger partial charge on any atom is -0.440 e. The Balaban J connectivity index is 1.65. The van der Waals surface area contributed by atoms with E-state index in [9.17, 15) is 15.3 Å². The molecular formula is C23H22N6O2S. The first-order chi connectivity index (χ1) is 15.3. The number of nitrogens with one attached hydrogen (secondary N) is 1. The predicted octanol–water partition coefficient (Wildman–Crippen LogP) is 5.11. The normalized spacial score (nSPS) is 15.1. The first kappa shape index (κ1) is 21.5. The van der Waals surface area contributed by atoms with E-state index in [2.05, 4.69) is 27.4 Å². The molecular weight excluding hydrogens is 424 g/mol. The van der Waals surface area contributed by atoms with Crippen molar-refractivity contribution in [3.05, 3.63) is 41.4 Å². The van der Waals surface area contributed by atoms with Crippen molar-refractivity contribution in [2.75, 3.05) is 18.4 Å². The summed E-state index contributed by atoms with van der Waals surface area (Å²) in [4.78, 5) is 24.3. The molecule has 2 aromatic heterocycles. The number of carbonyl (C=O) groups excluding carboxylic acids is 1. The molecule has 0 radical (unpaired) electrons. The van der Waals surface area contributed by atoms with Gasteiger partial charge in [-0.2, -0.15) is 10.5 Å². The quantitative estimate of drug-likeness (QED) is 0.597. The van der Waals surface area contributed by atoms with Gasteiger partial charge >= 0.3 is 6.03 Å². The van der Waals surface area contributed by atoms with E-state index >= 15 is 0 Å². The number of hydrogen-bond acceptors (Lipinski definition) is 7. The van der Waals surface area contributed by atoms with Gasteiger partial charge < -0.3 is 9.32 Å². The molecule has 1 saturated heterocycles. The van der Waals surface area contributed by atoms with Gasteiger partial charge in [0.1, 0.15) is 4.88 Å². The molecule has 3 heterocycles. The third-order valence-electron chi connectivity index (χ3n) is 5.64. The number of thiazole rings is 1. The van der Waals surface area contributed by atoms with Crippen LogP contribution in [0.15, 0.2) is 28.7 Å². The number of nitriles is 2. The lowest BCUT2D eigenvalue weighted by Crippen LogP contribution is -2.43. The summed E-state index contributed by atoms with van der Waals surface area (Å²) in [5.74, 6) is 1.14. The number of carbonyl (C=O) groups is 1. The van der Waals surface area contributed by atoms with Gasteiger partial charge in [-0.05, 0) is 38.8 Å². The molecule has 0 unspecified atom stereocenters. The average Bonchev–Trinajstić information content (AvgIpc) is 3.36. The molecule has 1 aromatic carbocycles. The van der Waals surface area contributed by atoms with Crippen molar-refractivity contribution in [3.63, 3.8) is 0 Å². The zero-order valence-electron chi connectivity index (χ0n) is 18.1. The van der Waals surface area contributed by atoms with Gasteiger partial charge in [-0.15, -0.1) is 0 Å². The number of amides is 2. The number of anilines is 1. The Hall–Kier alpha value is -3.69. The molecule has 1 fully saturated rings. The summed E-state index contributed by atoms with van der Waals surface area (Å²) in [6.45, 7) is 6.61. The van der Waals surface area contributed by atoms with Crippen LogP contribution in [-0.4, -0.2) is 34.0 Å². The van der Waals surface area contributed by atoms with Crippen molar-refractivity contribution in [3.8, 4) is 34.0 Å². The largest absolute Gasteiger partial charge is 0.440 e. The number of aromatic nitrogens is 2. The molecule has 162 valence electrons. The summed E-state index contributed by atoms with van der Waals surface area (Å²) < 4.78 is 5.83. The lowest BCUT2D eigenvalue weighted by Gasteiger charge is -2.34. The van der Waals surface area contributed by atoms with Crippen molar-refractivity contribution >= 4 is 22.5 Å². The molecule has 0 bridgehead atoms. The van der Waals surface area contributed by atoms with E-state index in [1.807, 2.05) is 19.9 Å². The Morgan fingerprint density at radius 2 is 2.00 bits per heavy atom. The van der Waals surface area contributed by atoms with Gasteiger partial charge in [0.2, 0.25) is 0 Å². The summed E-state index contributed by atoms with van der Waals surface area (Å²) >= 11 is 1.31. The number of rotatable bonds is 3. The molecule has 9 heteroatoms. The minimum absolute atomic E-state index is 0.243. The maximum atomic E-state index is 12.9. The molecule has 0 atom stereocenters. The second-order valence-electron chi connectivity index (χ2n) is 8.13. The molecule has 4 rings (SSSR count). The van der Waals surface area contributed by atoms with Crippen LogP contribution in [0.5, 0.6) is 0 Å². The van der Waals surface area contributed by atoms with Gasteiger partial charge in [0.05, 0.1) is 34.5 Å². The fourth-order valence-corrected chi connectivity index (χ4v) is 4.70. The summed E-state index contributed by atoms with van der Waals surface area (Å²) in [6, 6.07) is 11.4. The monoisotopic (exact) mass is 446 g/mol. The minimum atomic E-state index is -0.383. The fraction of sp³-hybridized carbons (Fsp3) is 0.348. The molecule has 0 spiro atoms. The zero-order valence-corrected chi connectivity index (χ0v) is 18.9. The molecule has 2 amide bonds. The van der Waals surface area contributed by atoms with E-state index < -0.39 is 0 Å². The molecule has 8 nitrogen and oxygen atoms in total. The van der Waals surface area contributed by atoms with Crippen molar-refractivity contribution in [1.82, 2.24) is 14.9 Å². The van der Waals surface area contributed by atoms with Crippen molar-refractivity contribution in [2.45, 2.75) is 33.6 Å². The summed E-state index contributed by atoms with van der Waals surface area (Å²) in [6.07, 6.45) is 1.28. The topological polar surface area (TPSA) is 119 Å². The predicted molar refractivity (Wildman–Crippen MR) is 121 cm³/mol. The lowest BCUT2D eigenvalue weighted by molar-refractivity contribution is 0.166. The van der Waals surface area contributed by atoms with Crippen LogP contribution >= 0.6 is 11.3 Å². The van der Waals surface area contributed by atoms with Crippen LogP contribution in [0.4, 0.5) is 9.93 Å². The SMILES string of the molecule is Cc1nc(C)c(-c2sc(NC(=O)N3CCC(C)(C#N)CC3)nc2-c2cccc(C#N)c2)o1. The number of benzene rings is 1. The first-order valence-electron chi connectivity index (χ1n) is 10.2. The van der Waals surface area contributed by atoms with Crippen molar-refractivity contribution < 1.29 is 9.21 Å². The van der Waals surface area contributed by atoms with Gasteiger partial charge in [-0.25, -0.2) is 14.8 Å². The first-order valence-corrected chi connectivity index (χ1v) is 11.1. The number of aryl methyl sites for hydroxylation is 2. The Bertz CT molecular complexity index is 1250. The van der Waals surface area contributed by atoms with Gasteiger partial charge in [0, 0.05) is 25.6 Å².